The van der Waals surface area contributed by atoms with E-state index in [0.29, 0.717) is 5.92 Å². The smallest absolute Gasteiger partial charge is 0.0547 e. The Labute approximate surface area is 395 Å². The predicted octanol–water partition coefficient (Wildman–Crippen LogP) is 18.8. The molecule has 0 spiro atoms. The molecule has 13 rings (SSSR count). The van der Waals surface area contributed by atoms with E-state index < -0.39 is 0 Å². The van der Waals surface area contributed by atoms with Crippen molar-refractivity contribution < 1.29 is 0 Å². The molecule has 1 saturated carbocycles. The number of thiophene rings is 1. The van der Waals surface area contributed by atoms with Gasteiger partial charge >= 0.3 is 0 Å². The van der Waals surface area contributed by atoms with E-state index in [1.54, 1.807) is 0 Å². The maximum atomic E-state index is 2.54. The number of hydrogen-bond donors (Lipinski definition) is 0. The fourth-order valence-electron chi connectivity index (χ4n) is 11.4. The van der Waals surface area contributed by atoms with Crippen molar-refractivity contribution in [2.45, 2.75) is 38.0 Å². The summed E-state index contributed by atoms with van der Waals surface area (Å²) in [4.78, 5) is 2.54. The molecule has 3 heteroatoms. The molecule has 2 aromatic heterocycles. The van der Waals surface area contributed by atoms with Crippen molar-refractivity contribution in [1.82, 2.24) is 4.57 Å². The minimum atomic E-state index is 0.566. The Morgan fingerprint density at radius 1 is 0.403 bits per heavy atom. The molecule has 0 bridgehead atoms. The van der Waals surface area contributed by atoms with Crippen LogP contribution in [0, 0.1) is 0 Å². The summed E-state index contributed by atoms with van der Waals surface area (Å²) in [6.45, 7) is 0. The summed E-state index contributed by atoms with van der Waals surface area (Å²) in [6.07, 6.45) is 6.44. The van der Waals surface area contributed by atoms with Gasteiger partial charge < -0.3 is 9.47 Å². The second-order valence-corrected chi connectivity index (χ2v) is 19.3. The van der Waals surface area contributed by atoms with E-state index >= 15 is 0 Å². The lowest BCUT2D eigenvalue weighted by Crippen LogP contribution is -2.13. The van der Waals surface area contributed by atoms with E-state index in [2.05, 4.69) is 234 Å². The summed E-state index contributed by atoms with van der Waals surface area (Å²) in [5.41, 5.74) is 15.7. The number of nitrogens with zero attached hydrogens (tertiary/aromatic N) is 2. The Morgan fingerprint density at radius 2 is 1.03 bits per heavy atom. The molecule has 2 heterocycles. The topological polar surface area (TPSA) is 8.17 Å². The van der Waals surface area contributed by atoms with Gasteiger partial charge in [-0.25, -0.2) is 0 Å². The number of hydrogen-bond acceptors (Lipinski definition) is 2. The zero-order chi connectivity index (χ0) is 44.3. The van der Waals surface area contributed by atoms with E-state index in [4.69, 9.17) is 0 Å². The van der Waals surface area contributed by atoms with Gasteiger partial charge in [0, 0.05) is 53.4 Å². The maximum absolute atomic E-state index is 2.54. The SMILES string of the molecule is c1ccc(-n2c3ccccc3c3ccc(-c4ccccc4N(c4cccc(-c5cccc6sc7ccccc7c56)c4)c4ccccc4-c4cccc5cccc(C6CCCCC6)c45)cc32)cc1. The molecule has 320 valence electrons. The number of rotatable bonds is 8. The van der Waals surface area contributed by atoms with Gasteiger partial charge in [-0.3, -0.25) is 0 Å². The monoisotopic (exact) mass is 876 g/mol. The predicted molar refractivity (Wildman–Crippen MR) is 288 cm³/mol. The molecule has 0 amide bonds. The number of anilines is 3. The van der Waals surface area contributed by atoms with E-state index in [9.17, 15) is 0 Å². The van der Waals surface area contributed by atoms with Gasteiger partial charge in [-0.05, 0) is 118 Å². The zero-order valence-corrected chi connectivity index (χ0v) is 38.1. The first-order valence-corrected chi connectivity index (χ1v) is 24.7. The van der Waals surface area contributed by atoms with Crippen LogP contribution in [0.5, 0.6) is 0 Å². The Kier molecular flexibility index (Phi) is 9.83. The van der Waals surface area contributed by atoms with Crippen molar-refractivity contribution in [3.8, 4) is 39.1 Å². The van der Waals surface area contributed by atoms with Crippen molar-refractivity contribution in [1.29, 1.82) is 0 Å². The van der Waals surface area contributed by atoms with Crippen LogP contribution in [0.2, 0.25) is 0 Å². The number of benzene rings is 10. The molecule has 1 aliphatic carbocycles. The number of para-hydroxylation sites is 4. The Balaban J connectivity index is 1.06. The molecule has 67 heavy (non-hydrogen) atoms. The minimum Gasteiger partial charge on any atom is -0.309 e. The minimum absolute atomic E-state index is 0.566. The molecule has 10 aromatic carbocycles. The lowest BCUT2D eigenvalue weighted by atomic mass is 9.80. The first-order valence-electron chi connectivity index (χ1n) is 23.9. The lowest BCUT2D eigenvalue weighted by Gasteiger charge is -2.31. The summed E-state index contributed by atoms with van der Waals surface area (Å²) in [5.74, 6) is 0.566. The van der Waals surface area contributed by atoms with Crippen LogP contribution >= 0.6 is 11.3 Å². The molecule has 0 saturated heterocycles. The van der Waals surface area contributed by atoms with Crippen LogP contribution in [0.1, 0.15) is 43.6 Å². The second kappa shape index (κ2) is 16.6. The van der Waals surface area contributed by atoms with Crippen molar-refractivity contribution >= 4 is 81.1 Å². The van der Waals surface area contributed by atoms with E-state index in [1.165, 1.54) is 124 Å². The van der Waals surface area contributed by atoms with Crippen LogP contribution < -0.4 is 4.90 Å². The van der Waals surface area contributed by atoms with Crippen LogP contribution in [-0.2, 0) is 0 Å². The zero-order valence-electron chi connectivity index (χ0n) is 37.3. The highest BCUT2D eigenvalue weighted by atomic mass is 32.1. The average molecular weight is 877 g/mol. The number of aromatic nitrogens is 1. The second-order valence-electron chi connectivity index (χ2n) is 18.2. The molecular weight excluding hydrogens is 829 g/mol. The van der Waals surface area contributed by atoms with Crippen molar-refractivity contribution in [3.05, 3.63) is 230 Å². The summed E-state index contributed by atoms with van der Waals surface area (Å²) >= 11 is 1.88. The molecule has 0 N–H and O–H groups in total. The van der Waals surface area contributed by atoms with Gasteiger partial charge in [0.2, 0.25) is 0 Å². The van der Waals surface area contributed by atoms with Crippen LogP contribution in [0.25, 0.3) is 91.8 Å². The third-order valence-corrected chi connectivity index (χ3v) is 15.5. The molecule has 0 atom stereocenters. The van der Waals surface area contributed by atoms with Crippen molar-refractivity contribution in [2.24, 2.45) is 0 Å². The van der Waals surface area contributed by atoms with E-state index in [0.717, 1.165) is 22.7 Å². The molecular formula is C64H48N2S. The van der Waals surface area contributed by atoms with Gasteiger partial charge in [0.05, 0.1) is 22.4 Å². The molecule has 0 radical (unpaired) electrons. The highest BCUT2D eigenvalue weighted by molar-refractivity contribution is 7.25. The lowest BCUT2D eigenvalue weighted by molar-refractivity contribution is 0.445. The molecule has 2 nitrogen and oxygen atoms in total. The maximum Gasteiger partial charge on any atom is 0.0547 e. The van der Waals surface area contributed by atoms with Crippen LogP contribution in [0.4, 0.5) is 17.1 Å². The van der Waals surface area contributed by atoms with Gasteiger partial charge in [0.25, 0.3) is 0 Å². The summed E-state index contributed by atoms with van der Waals surface area (Å²) in [5, 5.41) is 7.83. The summed E-state index contributed by atoms with van der Waals surface area (Å²) in [7, 11) is 0. The molecule has 1 aliphatic rings. The van der Waals surface area contributed by atoms with Crippen LogP contribution in [0.3, 0.4) is 0 Å². The summed E-state index contributed by atoms with van der Waals surface area (Å²) < 4.78 is 5.05. The fourth-order valence-corrected chi connectivity index (χ4v) is 12.5. The standard InChI is InChI=1S/C64H48N2S/c1-3-19-43(20-4-1)50-31-16-21-44-22-17-33-55(63(44)50)53-29-9-13-36-59(53)66(48-26-15-23-45(41-48)51-32-18-38-62-64(51)56-30-10-14-37-61(56)67-62)57-34-11-7-27-49(57)46-39-40-54-52-28-8-12-35-58(52)65(60(54)42-46)47-24-5-2-6-25-47/h2,5-18,21-43H,1,3-4,19-20H2. The molecule has 1 fully saturated rings. The van der Waals surface area contributed by atoms with Crippen molar-refractivity contribution in [2.75, 3.05) is 4.90 Å². The van der Waals surface area contributed by atoms with Crippen LogP contribution in [0.15, 0.2) is 224 Å². The fraction of sp³-hybridized carbons (Fsp3) is 0.0938. The van der Waals surface area contributed by atoms with E-state index in [-0.39, 0.29) is 0 Å². The first-order chi connectivity index (χ1) is 33.3. The third-order valence-electron chi connectivity index (χ3n) is 14.4. The largest absolute Gasteiger partial charge is 0.309 e. The van der Waals surface area contributed by atoms with Gasteiger partial charge in [-0.15, -0.1) is 11.3 Å². The first kappa shape index (κ1) is 39.6. The highest BCUT2D eigenvalue weighted by Gasteiger charge is 2.25. The van der Waals surface area contributed by atoms with E-state index in [1.807, 2.05) is 11.3 Å². The molecule has 0 aliphatic heterocycles. The van der Waals surface area contributed by atoms with Gasteiger partial charge in [0.15, 0.2) is 0 Å². The number of fused-ring (bicyclic) bond motifs is 7. The molecule has 0 unspecified atom stereocenters. The van der Waals surface area contributed by atoms with Gasteiger partial charge in [0.1, 0.15) is 0 Å². The van der Waals surface area contributed by atoms with Gasteiger partial charge in [-0.2, -0.15) is 0 Å². The summed E-state index contributed by atoms with van der Waals surface area (Å²) in [6, 6.07) is 83.6. The van der Waals surface area contributed by atoms with Gasteiger partial charge in [-0.1, -0.05) is 183 Å². The Morgan fingerprint density at radius 3 is 1.90 bits per heavy atom. The third kappa shape index (κ3) is 6.76. The van der Waals surface area contributed by atoms with Crippen molar-refractivity contribution in [3.63, 3.8) is 0 Å². The average Bonchev–Trinajstić information content (AvgIpc) is 3.95. The Bertz CT molecular complexity index is 3810. The Hall–Kier alpha value is -7.72. The molecule has 12 aromatic rings. The normalized spacial score (nSPS) is 13.3. The van der Waals surface area contributed by atoms with Crippen LogP contribution in [-0.4, -0.2) is 4.57 Å². The highest BCUT2D eigenvalue weighted by Crippen LogP contribution is 2.49. The quantitative estimate of drug-likeness (QED) is 0.148.